The number of aliphatic carboxylic acids is 1. The second kappa shape index (κ2) is 11.6. The minimum absolute atomic E-state index is 0.0562. The van der Waals surface area contributed by atoms with Crippen LogP contribution in [-0.2, 0) is 16.2 Å². The molecule has 0 radical (unpaired) electrons. The Morgan fingerprint density at radius 3 is 2.19 bits per heavy atom. The molecule has 0 bridgehead atoms. The number of amides is 1. The Morgan fingerprint density at radius 1 is 0.852 bits per heavy atom. The van der Waals surface area contributed by atoms with E-state index in [1.54, 1.807) is 24.3 Å². The summed E-state index contributed by atoms with van der Waals surface area (Å²) in [5.41, 5.74) is 1.09. The summed E-state index contributed by atoms with van der Waals surface area (Å²) in [6.45, 7) is 0.962. The fourth-order valence-corrected chi connectivity index (χ4v) is 2.38. The van der Waals surface area contributed by atoms with E-state index in [-0.39, 0.29) is 18.9 Å². The van der Waals surface area contributed by atoms with Crippen LogP contribution in [0.5, 0.6) is 11.5 Å². The van der Waals surface area contributed by atoms with Gasteiger partial charge in [-0.2, -0.15) is 0 Å². The molecule has 0 aliphatic carbocycles. The minimum atomic E-state index is -0.788. The normalized spacial score (nSPS) is 10.2. The highest BCUT2D eigenvalue weighted by molar-refractivity contribution is 5.77. The van der Waals surface area contributed by atoms with Gasteiger partial charge in [-0.05, 0) is 42.7 Å². The molecule has 0 saturated heterocycles. The van der Waals surface area contributed by atoms with Gasteiger partial charge in [-0.1, -0.05) is 36.8 Å². The van der Waals surface area contributed by atoms with Gasteiger partial charge in [0, 0.05) is 13.0 Å². The largest absolute Gasteiger partial charge is 0.489 e. The summed E-state index contributed by atoms with van der Waals surface area (Å²) in [5.74, 6) is 0.345. The van der Waals surface area contributed by atoms with Crippen LogP contribution in [0.1, 0.15) is 31.2 Å². The summed E-state index contributed by atoms with van der Waals surface area (Å²) >= 11 is 0. The quantitative estimate of drug-likeness (QED) is 0.559. The van der Waals surface area contributed by atoms with Crippen LogP contribution in [0.4, 0.5) is 0 Å². The molecule has 0 unspecified atom stereocenters. The molecule has 2 N–H and O–H groups in total. The number of carboxylic acids is 1. The molecule has 2 aromatic rings. The van der Waals surface area contributed by atoms with Crippen molar-refractivity contribution < 1.29 is 24.2 Å². The van der Waals surface area contributed by atoms with Gasteiger partial charge in [-0.25, -0.2) is 0 Å². The standard InChI is InChI=1S/C21H25NO5/c23-20(22-14-6-2-5-9-21(24)25)16-27-19-12-10-18(11-13-19)26-15-17-7-3-1-4-8-17/h1,3-4,7-8,10-13H,2,5-6,9,14-16H2,(H,22,23)(H,24,25). The van der Waals surface area contributed by atoms with Crippen molar-refractivity contribution in [3.05, 3.63) is 60.2 Å². The van der Waals surface area contributed by atoms with Crippen LogP contribution in [0.25, 0.3) is 0 Å². The van der Waals surface area contributed by atoms with Gasteiger partial charge < -0.3 is 19.9 Å². The monoisotopic (exact) mass is 371 g/mol. The van der Waals surface area contributed by atoms with E-state index in [1.807, 2.05) is 30.3 Å². The highest BCUT2D eigenvalue weighted by atomic mass is 16.5. The number of carboxylic acid groups (broad SMARTS) is 1. The molecule has 0 fully saturated rings. The Kier molecular flexibility index (Phi) is 8.69. The maximum atomic E-state index is 11.7. The number of nitrogens with one attached hydrogen (secondary N) is 1. The molecular formula is C21H25NO5. The Bertz CT molecular complexity index is 700. The smallest absolute Gasteiger partial charge is 0.303 e. The lowest BCUT2D eigenvalue weighted by Gasteiger charge is -2.09. The van der Waals surface area contributed by atoms with Crippen molar-refractivity contribution in [3.63, 3.8) is 0 Å². The number of rotatable bonds is 12. The zero-order chi connectivity index (χ0) is 19.3. The lowest BCUT2D eigenvalue weighted by Crippen LogP contribution is -2.29. The van der Waals surface area contributed by atoms with E-state index in [0.29, 0.717) is 25.3 Å². The highest BCUT2D eigenvalue weighted by Crippen LogP contribution is 2.18. The number of hydrogen-bond donors (Lipinski definition) is 2. The summed E-state index contributed by atoms with van der Waals surface area (Å²) < 4.78 is 11.2. The van der Waals surface area contributed by atoms with Gasteiger partial charge in [0.1, 0.15) is 18.1 Å². The summed E-state index contributed by atoms with van der Waals surface area (Å²) in [6.07, 6.45) is 2.33. The molecule has 0 aromatic heterocycles. The van der Waals surface area contributed by atoms with Crippen LogP contribution in [0.15, 0.2) is 54.6 Å². The first-order valence-corrected chi connectivity index (χ1v) is 9.01. The SMILES string of the molecule is O=C(O)CCCCCNC(=O)COc1ccc(OCc2ccccc2)cc1. The zero-order valence-corrected chi connectivity index (χ0v) is 15.2. The molecule has 0 saturated carbocycles. The average molecular weight is 371 g/mol. The predicted molar refractivity (Wildman–Crippen MR) is 102 cm³/mol. The van der Waals surface area contributed by atoms with E-state index in [9.17, 15) is 9.59 Å². The molecule has 0 aliphatic rings. The molecule has 2 rings (SSSR count). The molecule has 6 nitrogen and oxygen atoms in total. The first-order valence-electron chi connectivity index (χ1n) is 9.01. The van der Waals surface area contributed by atoms with Gasteiger partial charge in [-0.15, -0.1) is 0 Å². The Hall–Kier alpha value is -3.02. The van der Waals surface area contributed by atoms with Crippen LogP contribution in [0.2, 0.25) is 0 Å². The number of benzene rings is 2. The summed E-state index contributed by atoms with van der Waals surface area (Å²) in [7, 11) is 0. The van der Waals surface area contributed by atoms with Crippen molar-refractivity contribution in [3.8, 4) is 11.5 Å². The van der Waals surface area contributed by atoms with Gasteiger partial charge in [0.25, 0.3) is 5.91 Å². The van der Waals surface area contributed by atoms with Crippen molar-refractivity contribution in [2.45, 2.75) is 32.3 Å². The number of hydrogen-bond acceptors (Lipinski definition) is 4. The highest BCUT2D eigenvalue weighted by Gasteiger charge is 2.03. The van der Waals surface area contributed by atoms with E-state index in [1.165, 1.54) is 0 Å². The van der Waals surface area contributed by atoms with Crippen molar-refractivity contribution in [1.82, 2.24) is 5.32 Å². The third kappa shape index (κ3) is 8.76. The van der Waals surface area contributed by atoms with E-state index >= 15 is 0 Å². The molecule has 0 spiro atoms. The number of ether oxygens (including phenoxy) is 2. The summed E-state index contributed by atoms with van der Waals surface area (Å²) in [5, 5.41) is 11.3. The molecule has 144 valence electrons. The molecule has 2 aromatic carbocycles. The average Bonchev–Trinajstić information content (AvgIpc) is 2.69. The van der Waals surface area contributed by atoms with Gasteiger partial charge >= 0.3 is 5.97 Å². The van der Waals surface area contributed by atoms with Crippen molar-refractivity contribution in [2.75, 3.05) is 13.2 Å². The van der Waals surface area contributed by atoms with Crippen LogP contribution < -0.4 is 14.8 Å². The van der Waals surface area contributed by atoms with Crippen molar-refractivity contribution in [2.24, 2.45) is 0 Å². The van der Waals surface area contributed by atoms with Crippen LogP contribution in [0, 0.1) is 0 Å². The molecular weight excluding hydrogens is 346 g/mol. The van der Waals surface area contributed by atoms with E-state index in [0.717, 1.165) is 24.2 Å². The molecule has 0 aliphatic heterocycles. The predicted octanol–water partition coefficient (Wildman–Crippen LogP) is 3.41. The van der Waals surface area contributed by atoms with E-state index in [2.05, 4.69) is 5.32 Å². The van der Waals surface area contributed by atoms with Crippen LogP contribution in [-0.4, -0.2) is 30.1 Å². The topological polar surface area (TPSA) is 84.9 Å². The molecule has 0 atom stereocenters. The van der Waals surface area contributed by atoms with Crippen LogP contribution in [0.3, 0.4) is 0 Å². The van der Waals surface area contributed by atoms with E-state index < -0.39 is 5.97 Å². The van der Waals surface area contributed by atoms with Crippen molar-refractivity contribution in [1.29, 1.82) is 0 Å². The second-order valence-corrected chi connectivity index (χ2v) is 6.09. The van der Waals surface area contributed by atoms with Gasteiger partial charge in [0.2, 0.25) is 0 Å². The zero-order valence-electron chi connectivity index (χ0n) is 15.2. The van der Waals surface area contributed by atoms with Gasteiger partial charge in [0.15, 0.2) is 6.61 Å². The number of carbonyl (C=O) groups excluding carboxylic acids is 1. The second-order valence-electron chi connectivity index (χ2n) is 6.09. The molecule has 6 heteroatoms. The first kappa shape index (κ1) is 20.3. The third-order valence-corrected chi connectivity index (χ3v) is 3.83. The lowest BCUT2D eigenvalue weighted by molar-refractivity contribution is -0.137. The van der Waals surface area contributed by atoms with E-state index in [4.69, 9.17) is 14.6 Å². The third-order valence-electron chi connectivity index (χ3n) is 3.83. The van der Waals surface area contributed by atoms with Crippen LogP contribution >= 0.6 is 0 Å². The number of carbonyl (C=O) groups is 2. The van der Waals surface area contributed by atoms with Gasteiger partial charge in [-0.3, -0.25) is 9.59 Å². The lowest BCUT2D eigenvalue weighted by atomic mass is 10.2. The molecule has 0 heterocycles. The Balaban J connectivity index is 1.60. The Morgan fingerprint density at radius 2 is 1.52 bits per heavy atom. The maximum absolute atomic E-state index is 11.7. The van der Waals surface area contributed by atoms with Gasteiger partial charge in [0.05, 0.1) is 0 Å². The fraction of sp³-hybridized carbons (Fsp3) is 0.333. The summed E-state index contributed by atoms with van der Waals surface area (Å²) in [4.78, 5) is 22.1. The summed E-state index contributed by atoms with van der Waals surface area (Å²) in [6, 6.07) is 17.0. The van der Waals surface area contributed by atoms with Crippen molar-refractivity contribution >= 4 is 11.9 Å². The first-order chi connectivity index (χ1) is 13.1. The molecule has 27 heavy (non-hydrogen) atoms. The fourth-order valence-electron chi connectivity index (χ4n) is 2.38. The maximum Gasteiger partial charge on any atom is 0.303 e. The minimum Gasteiger partial charge on any atom is -0.489 e. The Labute approximate surface area is 159 Å². The molecule has 1 amide bonds. The number of unbranched alkanes of at least 4 members (excludes halogenated alkanes) is 2.